The molecule has 0 aromatic carbocycles. The molecular weight excluding hydrogens is 302 g/mol. The zero-order chi connectivity index (χ0) is 17.6. The van der Waals surface area contributed by atoms with Crippen LogP contribution in [0.1, 0.15) is 65.7 Å². The summed E-state index contributed by atoms with van der Waals surface area (Å²) in [5.74, 6) is 1.44. The molecule has 2 N–H and O–H groups in total. The van der Waals surface area contributed by atoms with E-state index in [1.54, 1.807) is 6.92 Å². The van der Waals surface area contributed by atoms with Crippen molar-refractivity contribution in [1.29, 1.82) is 0 Å². The standard InChI is InChI=1S/C19H35N3O2/c1-15(23)22-12-7-16(8-13-22)6-11-20-18(24)21-14-17-4-9-19(2,3)10-5-17/h16-17H,4-14H2,1-3H3,(H2,20,21,24). The Morgan fingerprint density at radius 2 is 1.62 bits per heavy atom. The highest BCUT2D eigenvalue weighted by Gasteiger charge is 2.26. The van der Waals surface area contributed by atoms with Crippen LogP contribution in [0.3, 0.4) is 0 Å². The lowest BCUT2D eigenvalue weighted by molar-refractivity contribution is -0.130. The Labute approximate surface area is 146 Å². The Bertz CT molecular complexity index is 418. The van der Waals surface area contributed by atoms with E-state index in [4.69, 9.17) is 0 Å². The average Bonchev–Trinajstić information content (AvgIpc) is 2.54. The topological polar surface area (TPSA) is 61.4 Å². The molecule has 5 heteroatoms. The van der Waals surface area contributed by atoms with Crippen molar-refractivity contribution in [2.75, 3.05) is 26.2 Å². The summed E-state index contributed by atoms with van der Waals surface area (Å²) in [6, 6.07) is -0.0268. The molecule has 1 aliphatic carbocycles. The number of likely N-dealkylation sites (tertiary alicyclic amines) is 1. The summed E-state index contributed by atoms with van der Waals surface area (Å²) in [6.45, 7) is 9.58. The Kier molecular flexibility index (Phi) is 6.93. The lowest BCUT2D eigenvalue weighted by Crippen LogP contribution is -2.41. The SMILES string of the molecule is CC(=O)N1CCC(CCNC(=O)NCC2CCC(C)(C)CC2)CC1. The molecule has 2 fully saturated rings. The van der Waals surface area contributed by atoms with Crippen LogP contribution in [0.25, 0.3) is 0 Å². The van der Waals surface area contributed by atoms with Gasteiger partial charge in [-0.2, -0.15) is 0 Å². The van der Waals surface area contributed by atoms with Gasteiger partial charge in [-0.15, -0.1) is 0 Å². The maximum atomic E-state index is 11.9. The number of hydrogen-bond donors (Lipinski definition) is 2. The van der Waals surface area contributed by atoms with Crippen LogP contribution in [0, 0.1) is 17.3 Å². The molecule has 0 aromatic heterocycles. The molecule has 5 nitrogen and oxygen atoms in total. The van der Waals surface area contributed by atoms with E-state index in [0.29, 0.717) is 17.3 Å². The van der Waals surface area contributed by atoms with Gasteiger partial charge in [0.1, 0.15) is 0 Å². The van der Waals surface area contributed by atoms with Crippen molar-refractivity contribution in [2.45, 2.75) is 65.7 Å². The average molecular weight is 338 g/mol. The van der Waals surface area contributed by atoms with E-state index in [0.717, 1.165) is 45.4 Å². The van der Waals surface area contributed by atoms with E-state index in [-0.39, 0.29) is 11.9 Å². The molecule has 0 unspecified atom stereocenters. The van der Waals surface area contributed by atoms with Gasteiger partial charge in [0.05, 0.1) is 0 Å². The van der Waals surface area contributed by atoms with Gasteiger partial charge >= 0.3 is 6.03 Å². The maximum absolute atomic E-state index is 11.9. The summed E-state index contributed by atoms with van der Waals surface area (Å²) in [7, 11) is 0. The van der Waals surface area contributed by atoms with Crippen LogP contribution in [-0.2, 0) is 4.79 Å². The summed E-state index contributed by atoms with van der Waals surface area (Å²) in [5.41, 5.74) is 0.483. The molecule has 0 aromatic rings. The molecular formula is C19H35N3O2. The zero-order valence-electron chi connectivity index (χ0n) is 15.7. The van der Waals surface area contributed by atoms with Gasteiger partial charge in [-0.25, -0.2) is 4.79 Å². The third-order valence-electron chi connectivity index (χ3n) is 5.91. The number of hydrogen-bond acceptors (Lipinski definition) is 2. The molecule has 1 saturated carbocycles. The van der Waals surface area contributed by atoms with E-state index < -0.39 is 0 Å². The lowest BCUT2D eigenvalue weighted by atomic mass is 9.73. The number of carbonyl (C=O) groups excluding carboxylic acids is 2. The van der Waals surface area contributed by atoms with Gasteiger partial charge in [0, 0.05) is 33.1 Å². The lowest BCUT2D eigenvalue weighted by Gasteiger charge is -2.34. The van der Waals surface area contributed by atoms with Crippen LogP contribution in [0.4, 0.5) is 4.79 Å². The molecule has 3 amide bonds. The largest absolute Gasteiger partial charge is 0.343 e. The highest BCUT2D eigenvalue weighted by molar-refractivity contribution is 5.74. The molecule has 1 aliphatic heterocycles. The number of amides is 3. The smallest absolute Gasteiger partial charge is 0.314 e. The van der Waals surface area contributed by atoms with Crippen molar-refractivity contribution in [1.82, 2.24) is 15.5 Å². The van der Waals surface area contributed by atoms with Crippen molar-refractivity contribution < 1.29 is 9.59 Å². The van der Waals surface area contributed by atoms with Gasteiger partial charge in [0.2, 0.25) is 5.91 Å². The second-order valence-electron chi connectivity index (χ2n) is 8.48. The van der Waals surface area contributed by atoms with Gasteiger partial charge in [0.25, 0.3) is 0 Å². The number of urea groups is 1. The normalized spacial score (nSPS) is 22.2. The molecule has 1 saturated heterocycles. The van der Waals surface area contributed by atoms with Crippen molar-refractivity contribution in [3.63, 3.8) is 0 Å². The first kappa shape index (κ1) is 19.1. The summed E-state index contributed by atoms with van der Waals surface area (Å²) >= 11 is 0. The first-order valence-electron chi connectivity index (χ1n) is 9.63. The Morgan fingerprint density at radius 1 is 1.00 bits per heavy atom. The second kappa shape index (κ2) is 8.72. The van der Waals surface area contributed by atoms with E-state index in [2.05, 4.69) is 24.5 Å². The van der Waals surface area contributed by atoms with Crippen molar-refractivity contribution in [3.05, 3.63) is 0 Å². The Morgan fingerprint density at radius 3 is 2.21 bits per heavy atom. The number of carbonyl (C=O) groups is 2. The maximum Gasteiger partial charge on any atom is 0.314 e. The van der Waals surface area contributed by atoms with E-state index >= 15 is 0 Å². The molecule has 2 rings (SSSR count). The third-order valence-corrected chi connectivity index (χ3v) is 5.91. The van der Waals surface area contributed by atoms with Crippen LogP contribution in [0.2, 0.25) is 0 Å². The van der Waals surface area contributed by atoms with Gasteiger partial charge in [-0.3, -0.25) is 4.79 Å². The van der Waals surface area contributed by atoms with Gasteiger partial charge in [0.15, 0.2) is 0 Å². The number of rotatable bonds is 5. The minimum absolute atomic E-state index is 0.0268. The van der Waals surface area contributed by atoms with Crippen LogP contribution < -0.4 is 10.6 Å². The van der Waals surface area contributed by atoms with Crippen LogP contribution >= 0.6 is 0 Å². The second-order valence-corrected chi connectivity index (χ2v) is 8.48. The molecule has 138 valence electrons. The summed E-state index contributed by atoms with van der Waals surface area (Å²) in [6.07, 6.45) is 8.10. The fourth-order valence-electron chi connectivity index (χ4n) is 3.89. The summed E-state index contributed by atoms with van der Waals surface area (Å²) < 4.78 is 0. The first-order chi connectivity index (χ1) is 11.4. The Balaban J connectivity index is 1.52. The molecule has 0 spiro atoms. The third kappa shape index (κ3) is 6.33. The first-order valence-corrected chi connectivity index (χ1v) is 9.63. The van der Waals surface area contributed by atoms with Crippen molar-refractivity contribution >= 4 is 11.9 Å². The minimum Gasteiger partial charge on any atom is -0.343 e. The Hall–Kier alpha value is -1.26. The predicted molar refractivity (Wildman–Crippen MR) is 96.7 cm³/mol. The van der Waals surface area contributed by atoms with Crippen molar-refractivity contribution in [3.8, 4) is 0 Å². The van der Waals surface area contributed by atoms with Crippen LogP contribution in [0.15, 0.2) is 0 Å². The van der Waals surface area contributed by atoms with Crippen LogP contribution in [0.5, 0.6) is 0 Å². The van der Waals surface area contributed by atoms with Crippen LogP contribution in [-0.4, -0.2) is 43.0 Å². The number of nitrogens with one attached hydrogen (secondary N) is 2. The van der Waals surface area contributed by atoms with E-state index in [9.17, 15) is 9.59 Å². The molecule has 0 atom stereocenters. The molecule has 1 heterocycles. The molecule has 0 radical (unpaired) electrons. The number of piperidine rings is 1. The monoisotopic (exact) mass is 337 g/mol. The van der Waals surface area contributed by atoms with E-state index in [1.165, 1.54) is 25.7 Å². The van der Waals surface area contributed by atoms with Gasteiger partial charge in [-0.1, -0.05) is 13.8 Å². The van der Waals surface area contributed by atoms with E-state index in [1.807, 2.05) is 4.90 Å². The predicted octanol–water partition coefficient (Wildman–Crippen LogP) is 3.15. The highest BCUT2D eigenvalue weighted by Crippen LogP contribution is 2.37. The number of nitrogens with zero attached hydrogens (tertiary/aromatic N) is 1. The van der Waals surface area contributed by atoms with Gasteiger partial charge < -0.3 is 15.5 Å². The molecule has 2 aliphatic rings. The summed E-state index contributed by atoms with van der Waals surface area (Å²) in [5, 5.41) is 6.03. The molecule has 24 heavy (non-hydrogen) atoms. The highest BCUT2D eigenvalue weighted by atomic mass is 16.2. The fraction of sp³-hybridized carbons (Fsp3) is 0.895. The van der Waals surface area contributed by atoms with Gasteiger partial charge in [-0.05, 0) is 62.2 Å². The quantitative estimate of drug-likeness (QED) is 0.809. The minimum atomic E-state index is -0.0268. The zero-order valence-corrected chi connectivity index (χ0v) is 15.7. The summed E-state index contributed by atoms with van der Waals surface area (Å²) in [4.78, 5) is 25.1. The fourth-order valence-corrected chi connectivity index (χ4v) is 3.89. The molecule has 0 bridgehead atoms. The van der Waals surface area contributed by atoms with Crippen molar-refractivity contribution in [2.24, 2.45) is 17.3 Å².